The highest BCUT2D eigenvalue weighted by Gasteiger charge is 2.04. The molecular weight excluding hydrogens is 246 g/mol. The lowest BCUT2D eigenvalue weighted by Crippen LogP contribution is -2.17. The van der Waals surface area contributed by atoms with Gasteiger partial charge < -0.3 is 14.8 Å². The predicted molar refractivity (Wildman–Crippen MR) is 79.2 cm³/mol. The fourth-order valence-corrected chi connectivity index (χ4v) is 1.98. The fourth-order valence-electron chi connectivity index (χ4n) is 1.82. The van der Waals surface area contributed by atoms with Gasteiger partial charge in [-0.05, 0) is 43.5 Å². The Hall–Kier alpha value is -0.870. The molecule has 18 heavy (non-hydrogen) atoms. The second-order valence-electron chi connectivity index (χ2n) is 4.12. The molecule has 3 nitrogen and oxygen atoms in total. The highest BCUT2D eigenvalue weighted by molar-refractivity contribution is 7.80. The van der Waals surface area contributed by atoms with Gasteiger partial charge in [-0.3, -0.25) is 0 Å². The Bertz CT molecular complexity index is 345. The number of nitrogens with one attached hydrogen (secondary N) is 1. The summed E-state index contributed by atoms with van der Waals surface area (Å²) in [5.74, 6) is 2.50. The molecule has 4 heteroatoms. The van der Waals surface area contributed by atoms with E-state index in [9.17, 15) is 0 Å². The monoisotopic (exact) mass is 269 g/mol. The van der Waals surface area contributed by atoms with Crippen molar-refractivity contribution in [3.8, 4) is 11.5 Å². The highest BCUT2D eigenvalue weighted by atomic mass is 32.1. The summed E-state index contributed by atoms with van der Waals surface area (Å²) in [6, 6.07) is 6.12. The first-order chi connectivity index (χ1) is 8.81. The zero-order chi connectivity index (χ0) is 13.2. The lowest BCUT2D eigenvalue weighted by Gasteiger charge is -2.09. The molecular formula is C14H23NO2S. The molecule has 0 aliphatic rings. The maximum absolute atomic E-state index is 5.29. The molecule has 0 saturated carbocycles. The zero-order valence-corrected chi connectivity index (χ0v) is 12.1. The quantitative estimate of drug-likeness (QED) is 0.533. The van der Waals surface area contributed by atoms with Crippen molar-refractivity contribution >= 4 is 12.6 Å². The minimum Gasteiger partial charge on any atom is -0.493 e. The lowest BCUT2D eigenvalue weighted by molar-refractivity contribution is 0.354. The van der Waals surface area contributed by atoms with E-state index in [4.69, 9.17) is 9.47 Å². The minimum atomic E-state index is 0.789. The summed E-state index contributed by atoms with van der Waals surface area (Å²) in [6.07, 6.45) is 3.43. The molecule has 1 aromatic carbocycles. The van der Waals surface area contributed by atoms with Crippen molar-refractivity contribution in [1.82, 2.24) is 5.32 Å². The van der Waals surface area contributed by atoms with Gasteiger partial charge in [-0.25, -0.2) is 0 Å². The number of methoxy groups -OCH3 is 2. The van der Waals surface area contributed by atoms with Crippen molar-refractivity contribution in [3.05, 3.63) is 23.8 Å². The van der Waals surface area contributed by atoms with Crippen LogP contribution in [0.2, 0.25) is 0 Å². The van der Waals surface area contributed by atoms with Crippen LogP contribution >= 0.6 is 12.6 Å². The van der Waals surface area contributed by atoms with Crippen LogP contribution in [-0.2, 0) is 6.42 Å². The molecule has 0 saturated heterocycles. The van der Waals surface area contributed by atoms with Crippen molar-refractivity contribution in [3.63, 3.8) is 0 Å². The van der Waals surface area contributed by atoms with E-state index >= 15 is 0 Å². The molecule has 0 heterocycles. The molecule has 1 N–H and O–H groups in total. The summed E-state index contributed by atoms with van der Waals surface area (Å²) >= 11 is 4.16. The number of unbranched alkanes of at least 4 members (excludes halogenated alkanes) is 1. The first kappa shape index (κ1) is 15.2. The Morgan fingerprint density at radius 3 is 2.50 bits per heavy atom. The fraction of sp³-hybridized carbons (Fsp3) is 0.571. The molecule has 0 amide bonds. The topological polar surface area (TPSA) is 30.5 Å². The SMILES string of the molecule is COc1ccc(CCCCNCCS)cc1OC. The molecule has 0 spiro atoms. The summed E-state index contributed by atoms with van der Waals surface area (Å²) in [5.41, 5.74) is 1.29. The Kier molecular flexibility index (Phi) is 7.69. The van der Waals surface area contributed by atoms with Gasteiger partial charge in [0, 0.05) is 12.3 Å². The van der Waals surface area contributed by atoms with Crippen LogP contribution in [0.15, 0.2) is 18.2 Å². The molecule has 0 bridgehead atoms. The van der Waals surface area contributed by atoms with E-state index in [0.29, 0.717) is 0 Å². The van der Waals surface area contributed by atoms with Gasteiger partial charge in [0.2, 0.25) is 0 Å². The maximum Gasteiger partial charge on any atom is 0.160 e. The van der Waals surface area contributed by atoms with Gasteiger partial charge in [-0.1, -0.05) is 6.07 Å². The van der Waals surface area contributed by atoms with Crippen LogP contribution in [0.4, 0.5) is 0 Å². The highest BCUT2D eigenvalue weighted by Crippen LogP contribution is 2.27. The summed E-state index contributed by atoms with van der Waals surface area (Å²) in [4.78, 5) is 0. The van der Waals surface area contributed by atoms with Crippen LogP contribution in [0.5, 0.6) is 11.5 Å². The molecule has 0 atom stereocenters. The summed E-state index contributed by atoms with van der Waals surface area (Å²) in [5, 5.41) is 3.34. The van der Waals surface area contributed by atoms with Gasteiger partial charge in [0.05, 0.1) is 14.2 Å². The Morgan fingerprint density at radius 2 is 1.83 bits per heavy atom. The standard InChI is InChI=1S/C14H23NO2S/c1-16-13-7-6-12(11-14(13)17-2)5-3-4-8-15-9-10-18/h6-7,11,15,18H,3-5,8-10H2,1-2H3. The van der Waals surface area contributed by atoms with Gasteiger partial charge in [-0.15, -0.1) is 0 Å². The van der Waals surface area contributed by atoms with Crippen molar-refractivity contribution in [1.29, 1.82) is 0 Å². The Morgan fingerprint density at radius 1 is 1.06 bits per heavy atom. The average molecular weight is 269 g/mol. The average Bonchev–Trinajstić information content (AvgIpc) is 2.42. The van der Waals surface area contributed by atoms with Crippen LogP contribution in [0.25, 0.3) is 0 Å². The molecule has 0 unspecified atom stereocenters. The number of benzene rings is 1. The molecule has 0 aliphatic carbocycles. The van der Waals surface area contributed by atoms with Gasteiger partial charge in [0.25, 0.3) is 0 Å². The summed E-state index contributed by atoms with van der Waals surface area (Å²) in [6.45, 7) is 2.05. The van der Waals surface area contributed by atoms with Crippen LogP contribution in [0, 0.1) is 0 Å². The smallest absolute Gasteiger partial charge is 0.160 e. The second kappa shape index (κ2) is 9.11. The number of thiol groups is 1. The third-order valence-corrected chi connectivity index (χ3v) is 3.03. The van der Waals surface area contributed by atoms with Crippen molar-refractivity contribution < 1.29 is 9.47 Å². The molecule has 1 rings (SSSR count). The first-order valence-electron chi connectivity index (χ1n) is 6.34. The lowest BCUT2D eigenvalue weighted by atomic mass is 10.1. The maximum atomic E-state index is 5.29. The van der Waals surface area contributed by atoms with Gasteiger partial charge in [0.1, 0.15) is 0 Å². The van der Waals surface area contributed by atoms with E-state index < -0.39 is 0 Å². The van der Waals surface area contributed by atoms with Crippen molar-refractivity contribution in [2.75, 3.05) is 33.1 Å². The number of hydrogen-bond donors (Lipinski definition) is 2. The van der Waals surface area contributed by atoms with Crippen molar-refractivity contribution in [2.24, 2.45) is 0 Å². The Labute approximate surface area is 115 Å². The largest absolute Gasteiger partial charge is 0.493 e. The normalized spacial score (nSPS) is 10.4. The number of ether oxygens (including phenoxy) is 2. The van der Waals surface area contributed by atoms with E-state index in [-0.39, 0.29) is 0 Å². The molecule has 1 aromatic rings. The molecule has 0 fully saturated rings. The molecule has 0 aromatic heterocycles. The summed E-state index contributed by atoms with van der Waals surface area (Å²) < 4.78 is 10.5. The van der Waals surface area contributed by atoms with Crippen LogP contribution < -0.4 is 14.8 Å². The van der Waals surface area contributed by atoms with E-state index in [1.54, 1.807) is 14.2 Å². The molecule has 0 aliphatic heterocycles. The Balaban J connectivity index is 2.34. The summed E-state index contributed by atoms with van der Waals surface area (Å²) in [7, 11) is 3.33. The van der Waals surface area contributed by atoms with Crippen LogP contribution in [-0.4, -0.2) is 33.1 Å². The third kappa shape index (κ3) is 5.19. The van der Waals surface area contributed by atoms with Gasteiger partial charge in [0.15, 0.2) is 11.5 Å². The van der Waals surface area contributed by atoms with Crippen LogP contribution in [0.1, 0.15) is 18.4 Å². The van der Waals surface area contributed by atoms with Gasteiger partial charge in [-0.2, -0.15) is 12.6 Å². The second-order valence-corrected chi connectivity index (χ2v) is 4.57. The van der Waals surface area contributed by atoms with Crippen molar-refractivity contribution in [2.45, 2.75) is 19.3 Å². The number of hydrogen-bond acceptors (Lipinski definition) is 4. The third-order valence-electron chi connectivity index (χ3n) is 2.81. The van der Waals surface area contributed by atoms with Crippen LogP contribution in [0.3, 0.4) is 0 Å². The van der Waals surface area contributed by atoms with E-state index in [0.717, 1.165) is 36.8 Å². The van der Waals surface area contributed by atoms with E-state index in [1.165, 1.54) is 18.4 Å². The minimum absolute atomic E-state index is 0.789. The number of rotatable bonds is 9. The van der Waals surface area contributed by atoms with E-state index in [1.807, 2.05) is 6.07 Å². The molecule has 0 radical (unpaired) electrons. The predicted octanol–water partition coefficient (Wildman–Crippen LogP) is 2.55. The first-order valence-corrected chi connectivity index (χ1v) is 6.97. The van der Waals surface area contributed by atoms with E-state index in [2.05, 4.69) is 30.1 Å². The van der Waals surface area contributed by atoms with Gasteiger partial charge >= 0.3 is 0 Å². The number of aryl methyl sites for hydroxylation is 1. The molecule has 102 valence electrons. The zero-order valence-electron chi connectivity index (χ0n) is 11.2.